The standard InChI is InChI=1S/C46H47F4N11O5/c1-26-18-29(8-9-35(26)60-24-30(21-52-60)40(63)51-22-38-53-44(56-55-38)45(2,3)46(48,49)50)28-6-4-27(5-7-28)23-57-13-12-31(25-57)58-14-16-59(17-15-58)37-20-33-32(19-34(37)47)42(65)61(43(33)66)36-10-11-39(62)54-41(36)64/h4-9,18-21,24,31,36H,10-17,22-23,25H2,1-3H3,(H,51,63)(H,53,55,56)(H,54,62,64). The number of alkyl halides is 3. The number of hydrogen-bond acceptors (Lipinski definition) is 11. The van der Waals surface area contributed by atoms with Gasteiger partial charge < -0.3 is 10.2 Å². The molecule has 16 nitrogen and oxygen atoms in total. The van der Waals surface area contributed by atoms with E-state index in [1.807, 2.05) is 24.0 Å². The zero-order valence-electron chi connectivity index (χ0n) is 36.4. The number of carbonyl (C=O) groups excluding carboxylic acids is 5. The topological polar surface area (TPSA) is 182 Å². The van der Waals surface area contributed by atoms with Crippen molar-refractivity contribution in [3.8, 4) is 16.8 Å². The number of rotatable bonds is 11. The zero-order chi connectivity index (χ0) is 46.7. The Kier molecular flexibility index (Phi) is 11.6. The third-order valence-electron chi connectivity index (χ3n) is 13.1. The monoisotopic (exact) mass is 909 g/mol. The number of aryl methyl sites for hydroxylation is 1. The van der Waals surface area contributed by atoms with Gasteiger partial charge in [-0.15, -0.1) is 0 Å². The number of amides is 5. The van der Waals surface area contributed by atoms with Crippen LogP contribution in [0.5, 0.6) is 0 Å². The maximum absolute atomic E-state index is 15.5. The van der Waals surface area contributed by atoms with Crippen molar-refractivity contribution >= 4 is 35.2 Å². The van der Waals surface area contributed by atoms with Crippen LogP contribution in [-0.2, 0) is 28.1 Å². The predicted octanol–water partition coefficient (Wildman–Crippen LogP) is 4.67. The average molecular weight is 910 g/mol. The average Bonchev–Trinajstić information content (AvgIpc) is 4.11. The maximum Gasteiger partial charge on any atom is 0.401 e. The summed E-state index contributed by atoms with van der Waals surface area (Å²) in [5.41, 5.74) is 3.20. The third-order valence-corrected chi connectivity index (χ3v) is 13.1. The Morgan fingerprint density at radius 3 is 2.29 bits per heavy atom. The Morgan fingerprint density at radius 1 is 0.879 bits per heavy atom. The fourth-order valence-corrected chi connectivity index (χ4v) is 9.07. The van der Waals surface area contributed by atoms with Gasteiger partial charge in [-0.25, -0.2) is 14.1 Å². The first kappa shape index (κ1) is 44.4. The van der Waals surface area contributed by atoms with Gasteiger partial charge >= 0.3 is 6.18 Å². The van der Waals surface area contributed by atoms with Gasteiger partial charge in [-0.2, -0.15) is 23.4 Å². The minimum absolute atomic E-state index is 0.00416. The lowest BCUT2D eigenvalue weighted by Gasteiger charge is -2.39. The molecule has 0 radical (unpaired) electrons. The normalized spacial score (nSPS) is 19.7. The highest BCUT2D eigenvalue weighted by Gasteiger charge is 2.51. The van der Waals surface area contributed by atoms with E-state index in [1.165, 1.54) is 17.8 Å². The molecule has 344 valence electrons. The minimum atomic E-state index is -4.54. The van der Waals surface area contributed by atoms with Crippen LogP contribution in [0.25, 0.3) is 16.8 Å². The number of carbonyl (C=O) groups is 5. The van der Waals surface area contributed by atoms with Crippen LogP contribution >= 0.6 is 0 Å². The minimum Gasteiger partial charge on any atom is -0.367 e. The molecule has 3 fully saturated rings. The molecule has 4 aliphatic rings. The second kappa shape index (κ2) is 17.2. The summed E-state index contributed by atoms with van der Waals surface area (Å²) in [7, 11) is 0. The number of nitrogens with zero attached hydrogens (tertiary/aromatic N) is 8. The molecule has 0 aliphatic carbocycles. The summed E-state index contributed by atoms with van der Waals surface area (Å²) in [5.74, 6) is -3.96. The molecule has 5 aromatic rings. The van der Waals surface area contributed by atoms with Crippen molar-refractivity contribution in [3.63, 3.8) is 0 Å². The number of hydrogen-bond donors (Lipinski definition) is 3. The van der Waals surface area contributed by atoms with Crippen LogP contribution in [0.3, 0.4) is 0 Å². The lowest BCUT2D eigenvalue weighted by molar-refractivity contribution is -0.182. The van der Waals surface area contributed by atoms with E-state index in [0.29, 0.717) is 32.2 Å². The van der Waals surface area contributed by atoms with E-state index >= 15 is 4.39 Å². The fourth-order valence-electron chi connectivity index (χ4n) is 9.07. The Labute approximate surface area is 376 Å². The number of aromatic amines is 1. The second-order valence-electron chi connectivity index (χ2n) is 17.8. The molecule has 3 N–H and O–H groups in total. The van der Waals surface area contributed by atoms with E-state index < -0.39 is 58.8 Å². The highest BCUT2D eigenvalue weighted by atomic mass is 19.4. The Bertz CT molecular complexity index is 2740. The molecule has 2 atom stereocenters. The van der Waals surface area contributed by atoms with Crippen molar-refractivity contribution in [2.45, 2.75) is 76.8 Å². The molecule has 6 heterocycles. The largest absolute Gasteiger partial charge is 0.401 e. The molecule has 3 aromatic carbocycles. The van der Waals surface area contributed by atoms with Crippen LogP contribution < -0.4 is 15.5 Å². The van der Waals surface area contributed by atoms with Crippen LogP contribution in [-0.4, -0.2) is 127 Å². The number of nitrogens with one attached hydrogen (secondary N) is 3. The van der Waals surface area contributed by atoms with Gasteiger partial charge in [0.2, 0.25) is 11.8 Å². The number of piperazine rings is 1. The van der Waals surface area contributed by atoms with Gasteiger partial charge in [-0.1, -0.05) is 30.3 Å². The number of fused-ring (bicyclic) bond motifs is 1. The summed E-state index contributed by atoms with van der Waals surface area (Å²) < 4.78 is 57.3. The van der Waals surface area contributed by atoms with E-state index in [4.69, 9.17) is 0 Å². The van der Waals surface area contributed by atoms with Gasteiger partial charge in [0.1, 0.15) is 23.1 Å². The Hall–Kier alpha value is -6.80. The molecule has 0 bridgehead atoms. The number of anilines is 1. The Morgan fingerprint density at radius 2 is 1.59 bits per heavy atom. The molecule has 0 saturated carbocycles. The first-order valence-electron chi connectivity index (χ1n) is 21.7. The molecule has 9 rings (SSSR count). The van der Waals surface area contributed by atoms with Crippen molar-refractivity contribution in [1.29, 1.82) is 0 Å². The van der Waals surface area contributed by atoms with Crippen LogP contribution in [0.4, 0.5) is 23.2 Å². The van der Waals surface area contributed by atoms with Gasteiger partial charge in [-0.05, 0) is 80.1 Å². The van der Waals surface area contributed by atoms with Crippen molar-refractivity contribution in [3.05, 3.63) is 112 Å². The van der Waals surface area contributed by atoms with E-state index in [0.717, 1.165) is 73.2 Å². The molecule has 4 aliphatic heterocycles. The number of likely N-dealkylation sites (tertiary alicyclic amines) is 1. The van der Waals surface area contributed by atoms with E-state index in [1.54, 1.807) is 10.9 Å². The van der Waals surface area contributed by atoms with Gasteiger partial charge in [0.15, 0.2) is 5.82 Å². The molecule has 3 saturated heterocycles. The second-order valence-corrected chi connectivity index (χ2v) is 17.8. The summed E-state index contributed by atoms with van der Waals surface area (Å²) in [4.78, 5) is 75.0. The molecule has 66 heavy (non-hydrogen) atoms. The summed E-state index contributed by atoms with van der Waals surface area (Å²) in [6, 6.07) is 16.2. The molecule has 2 aromatic heterocycles. The van der Waals surface area contributed by atoms with Crippen molar-refractivity contribution < 1.29 is 41.5 Å². The van der Waals surface area contributed by atoms with Crippen LogP contribution in [0.2, 0.25) is 0 Å². The SMILES string of the molecule is Cc1cc(-c2ccc(CN3CCC(N4CCN(c5cc6c(cc5F)C(=O)N(C5CCC(=O)NC5=O)C6=O)CC4)C3)cc2)ccc1-n1cc(C(=O)NCc2nc(C(C)(C)C(F)(F)F)n[nH]2)cn1. The molecule has 2 unspecified atom stereocenters. The number of aromatic nitrogens is 5. The lowest BCUT2D eigenvalue weighted by Crippen LogP contribution is -2.54. The van der Waals surface area contributed by atoms with Crippen LogP contribution in [0.15, 0.2) is 67.0 Å². The first-order valence-corrected chi connectivity index (χ1v) is 21.7. The highest BCUT2D eigenvalue weighted by molar-refractivity contribution is 6.23. The fraction of sp³-hybridized carbons (Fsp3) is 0.391. The first-order chi connectivity index (χ1) is 31.4. The molecular weight excluding hydrogens is 863 g/mol. The van der Waals surface area contributed by atoms with Crippen LogP contribution in [0, 0.1) is 12.7 Å². The van der Waals surface area contributed by atoms with E-state index in [-0.39, 0.29) is 47.6 Å². The van der Waals surface area contributed by atoms with Crippen molar-refractivity contribution in [2.75, 3.05) is 44.2 Å². The molecule has 20 heteroatoms. The number of halogens is 4. The van der Waals surface area contributed by atoms with E-state index in [2.05, 4.69) is 71.0 Å². The van der Waals surface area contributed by atoms with Gasteiger partial charge in [0.05, 0.1) is 40.8 Å². The summed E-state index contributed by atoms with van der Waals surface area (Å²) >= 11 is 0. The van der Waals surface area contributed by atoms with Crippen LogP contribution in [0.1, 0.15) is 87.0 Å². The van der Waals surface area contributed by atoms with Gasteiger partial charge in [-0.3, -0.25) is 49.1 Å². The third kappa shape index (κ3) is 8.45. The number of piperidine rings is 1. The lowest BCUT2D eigenvalue weighted by atomic mass is 9.92. The summed E-state index contributed by atoms with van der Waals surface area (Å²) in [5, 5.41) is 15.4. The number of benzene rings is 3. The summed E-state index contributed by atoms with van der Waals surface area (Å²) in [6.45, 7) is 8.92. The van der Waals surface area contributed by atoms with E-state index in [9.17, 15) is 37.1 Å². The molecule has 5 amide bonds. The molecule has 0 spiro atoms. The van der Waals surface area contributed by atoms with Gasteiger partial charge in [0.25, 0.3) is 17.7 Å². The maximum atomic E-state index is 15.5. The Balaban J connectivity index is 0.752. The summed E-state index contributed by atoms with van der Waals surface area (Å²) in [6.07, 6.45) is -0.504. The van der Waals surface area contributed by atoms with Gasteiger partial charge in [0, 0.05) is 64.5 Å². The predicted molar refractivity (Wildman–Crippen MR) is 231 cm³/mol. The smallest absolute Gasteiger partial charge is 0.367 e. The highest BCUT2D eigenvalue weighted by Crippen LogP contribution is 2.39. The quantitative estimate of drug-likeness (QED) is 0.124. The molecular formula is C46H47F4N11O5. The number of imide groups is 2. The van der Waals surface area contributed by atoms with Crippen molar-refractivity contribution in [2.24, 2.45) is 0 Å². The number of H-pyrrole nitrogens is 1. The zero-order valence-corrected chi connectivity index (χ0v) is 36.4. The van der Waals surface area contributed by atoms with Crippen molar-refractivity contribution in [1.82, 2.24) is 50.3 Å².